The number of carboxylic acid groups (broad SMARTS) is 1. The minimum absolute atomic E-state index is 0.136. The third-order valence-electron chi connectivity index (χ3n) is 5.32. The van der Waals surface area contributed by atoms with Crippen molar-refractivity contribution in [1.82, 2.24) is 4.90 Å². The maximum atomic E-state index is 12.8. The van der Waals surface area contributed by atoms with E-state index in [1.54, 1.807) is 32.4 Å². The van der Waals surface area contributed by atoms with Crippen molar-refractivity contribution in [3.05, 3.63) is 93.9 Å². The Labute approximate surface area is 207 Å². The van der Waals surface area contributed by atoms with Crippen LogP contribution in [-0.4, -0.2) is 41.2 Å². The van der Waals surface area contributed by atoms with Gasteiger partial charge in [0.2, 0.25) is 0 Å². The van der Waals surface area contributed by atoms with E-state index in [0.29, 0.717) is 33.9 Å². The number of benzene rings is 3. The second-order valence-corrected chi connectivity index (χ2v) is 8.92. The number of carbonyl (C=O) groups excluding carboxylic acids is 1. The molecule has 0 aromatic heterocycles. The van der Waals surface area contributed by atoms with Crippen LogP contribution in [0.4, 0.5) is 5.69 Å². The minimum Gasteiger partial charge on any atom is -0.493 e. The molecule has 1 heterocycles. The first-order chi connectivity index (χ1) is 16.8. The number of methoxy groups -OCH3 is 1. The average Bonchev–Trinajstić information content (AvgIpc) is 3.11. The molecule has 0 aliphatic carbocycles. The van der Waals surface area contributed by atoms with Gasteiger partial charge in [-0.15, -0.1) is 0 Å². The van der Waals surface area contributed by atoms with Crippen LogP contribution >= 0.6 is 11.8 Å². The number of hydrogen-bond acceptors (Lipinski definition) is 6. The SMILES string of the molecule is COc1cc(/C=C2/SC(=Nc3cccc(C(=O)O)c3)N(C)C2=O)ccc1OCc1ccc(C)cc1. The van der Waals surface area contributed by atoms with Crippen LogP contribution in [0.2, 0.25) is 0 Å². The Balaban J connectivity index is 1.52. The van der Waals surface area contributed by atoms with Gasteiger partial charge in [-0.2, -0.15) is 0 Å². The highest BCUT2D eigenvalue weighted by Crippen LogP contribution is 2.35. The molecule has 0 spiro atoms. The quantitative estimate of drug-likeness (QED) is 0.441. The van der Waals surface area contributed by atoms with Gasteiger partial charge in [0.25, 0.3) is 5.91 Å². The highest BCUT2D eigenvalue weighted by molar-refractivity contribution is 8.18. The van der Waals surface area contributed by atoms with Crippen LogP contribution in [0.3, 0.4) is 0 Å². The first kappa shape index (κ1) is 24.1. The number of carbonyl (C=O) groups is 2. The summed E-state index contributed by atoms with van der Waals surface area (Å²) in [6.45, 7) is 2.46. The lowest BCUT2D eigenvalue weighted by Gasteiger charge is -2.12. The lowest BCUT2D eigenvalue weighted by Crippen LogP contribution is -2.23. The van der Waals surface area contributed by atoms with Gasteiger partial charge in [0, 0.05) is 7.05 Å². The second-order valence-electron chi connectivity index (χ2n) is 7.91. The first-order valence-corrected chi connectivity index (χ1v) is 11.6. The number of aryl methyl sites for hydroxylation is 1. The van der Waals surface area contributed by atoms with Gasteiger partial charge >= 0.3 is 5.97 Å². The molecule has 0 unspecified atom stereocenters. The van der Waals surface area contributed by atoms with Crippen LogP contribution in [0, 0.1) is 6.92 Å². The van der Waals surface area contributed by atoms with Gasteiger partial charge in [0.05, 0.1) is 23.3 Å². The molecule has 4 rings (SSSR count). The van der Waals surface area contributed by atoms with E-state index in [1.165, 1.54) is 34.4 Å². The Morgan fingerprint density at radius 2 is 1.86 bits per heavy atom. The number of likely N-dealkylation sites (N-methyl/N-ethyl adjacent to an activating group) is 1. The largest absolute Gasteiger partial charge is 0.493 e. The van der Waals surface area contributed by atoms with Gasteiger partial charge in [0.1, 0.15) is 6.61 Å². The molecule has 178 valence electrons. The van der Waals surface area contributed by atoms with Crippen molar-refractivity contribution in [2.24, 2.45) is 4.99 Å². The fourth-order valence-electron chi connectivity index (χ4n) is 3.36. The number of ether oxygens (including phenoxy) is 2. The third kappa shape index (κ3) is 5.73. The van der Waals surface area contributed by atoms with Crippen molar-refractivity contribution in [1.29, 1.82) is 0 Å². The van der Waals surface area contributed by atoms with E-state index in [0.717, 1.165) is 11.1 Å². The number of thioether (sulfide) groups is 1. The van der Waals surface area contributed by atoms with Crippen molar-refractivity contribution in [2.45, 2.75) is 13.5 Å². The predicted octanol–water partition coefficient (Wildman–Crippen LogP) is 5.51. The summed E-state index contributed by atoms with van der Waals surface area (Å²) in [6.07, 6.45) is 1.77. The van der Waals surface area contributed by atoms with Gasteiger partial charge < -0.3 is 14.6 Å². The Kier molecular flexibility index (Phi) is 7.22. The molecule has 1 amide bonds. The monoisotopic (exact) mass is 488 g/mol. The topological polar surface area (TPSA) is 88.4 Å². The number of aliphatic imine (C=N–C) groups is 1. The Morgan fingerprint density at radius 3 is 2.57 bits per heavy atom. The molecule has 7 nitrogen and oxygen atoms in total. The number of rotatable bonds is 7. The van der Waals surface area contributed by atoms with Crippen LogP contribution in [0.25, 0.3) is 6.08 Å². The molecule has 0 bridgehead atoms. The maximum absolute atomic E-state index is 12.8. The summed E-state index contributed by atoms with van der Waals surface area (Å²) in [6, 6.07) is 19.9. The zero-order valence-corrected chi connectivity index (χ0v) is 20.3. The molecule has 3 aromatic carbocycles. The maximum Gasteiger partial charge on any atom is 0.335 e. The van der Waals surface area contributed by atoms with E-state index >= 15 is 0 Å². The van der Waals surface area contributed by atoms with Crippen LogP contribution < -0.4 is 9.47 Å². The van der Waals surface area contributed by atoms with E-state index in [9.17, 15) is 14.7 Å². The van der Waals surface area contributed by atoms with Crippen molar-refractivity contribution < 1.29 is 24.2 Å². The minimum atomic E-state index is -1.03. The van der Waals surface area contributed by atoms with E-state index in [4.69, 9.17) is 9.47 Å². The van der Waals surface area contributed by atoms with Gasteiger partial charge in [0.15, 0.2) is 16.7 Å². The van der Waals surface area contributed by atoms with Crippen LogP contribution in [0.5, 0.6) is 11.5 Å². The Bertz CT molecular complexity index is 1330. The highest BCUT2D eigenvalue weighted by Gasteiger charge is 2.30. The van der Waals surface area contributed by atoms with E-state index in [1.807, 2.05) is 49.4 Å². The zero-order valence-electron chi connectivity index (χ0n) is 19.5. The predicted molar refractivity (Wildman–Crippen MR) is 137 cm³/mol. The van der Waals surface area contributed by atoms with Gasteiger partial charge in [-0.25, -0.2) is 9.79 Å². The molecular formula is C27H24N2O5S. The fraction of sp³-hybridized carbons (Fsp3) is 0.148. The highest BCUT2D eigenvalue weighted by atomic mass is 32.2. The first-order valence-electron chi connectivity index (χ1n) is 10.8. The van der Waals surface area contributed by atoms with Gasteiger partial charge in [-0.05, 0) is 66.2 Å². The summed E-state index contributed by atoms with van der Waals surface area (Å²) in [5.41, 5.74) is 3.63. The third-order valence-corrected chi connectivity index (χ3v) is 6.38. The lowest BCUT2D eigenvalue weighted by atomic mass is 10.1. The zero-order chi connectivity index (χ0) is 24.9. The molecule has 1 saturated heterocycles. The number of carboxylic acids is 1. The van der Waals surface area contributed by atoms with E-state index < -0.39 is 5.97 Å². The van der Waals surface area contributed by atoms with Crippen molar-refractivity contribution >= 4 is 40.6 Å². The van der Waals surface area contributed by atoms with Crippen molar-refractivity contribution in [2.75, 3.05) is 14.2 Å². The average molecular weight is 489 g/mol. The Morgan fingerprint density at radius 1 is 1.09 bits per heavy atom. The molecule has 1 N–H and O–H groups in total. The fourth-order valence-corrected chi connectivity index (χ4v) is 4.35. The Hall–Kier alpha value is -4.04. The summed E-state index contributed by atoms with van der Waals surface area (Å²) >= 11 is 1.23. The molecule has 0 saturated carbocycles. The molecule has 1 fully saturated rings. The number of amidine groups is 1. The normalized spacial score (nSPS) is 15.6. The van der Waals surface area contributed by atoms with E-state index in [2.05, 4.69) is 4.99 Å². The summed E-state index contributed by atoms with van der Waals surface area (Å²) in [5.74, 6) is -0.0499. The number of amides is 1. The van der Waals surface area contributed by atoms with Gasteiger partial charge in [-0.3, -0.25) is 9.69 Å². The molecule has 35 heavy (non-hydrogen) atoms. The van der Waals surface area contributed by atoms with Crippen molar-refractivity contribution in [3.8, 4) is 11.5 Å². The smallest absolute Gasteiger partial charge is 0.335 e. The molecular weight excluding hydrogens is 464 g/mol. The van der Waals surface area contributed by atoms with Crippen LogP contribution in [-0.2, 0) is 11.4 Å². The number of hydrogen-bond donors (Lipinski definition) is 1. The summed E-state index contributed by atoms with van der Waals surface area (Å²) in [5, 5.41) is 9.65. The molecule has 1 aliphatic heterocycles. The summed E-state index contributed by atoms with van der Waals surface area (Å²) < 4.78 is 11.4. The van der Waals surface area contributed by atoms with Crippen LogP contribution in [0.1, 0.15) is 27.0 Å². The molecule has 8 heteroatoms. The van der Waals surface area contributed by atoms with Gasteiger partial charge in [-0.1, -0.05) is 42.0 Å². The van der Waals surface area contributed by atoms with E-state index in [-0.39, 0.29) is 11.5 Å². The van der Waals surface area contributed by atoms with Crippen molar-refractivity contribution in [3.63, 3.8) is 0 Å². The molecule has 0 atom stereocenters. The lowest BCUT2D eigenvalue weighted by molar-refractivity contribution is -0.121. The number of aromatic carboxylic acids is 1. The van der Waals surface area contributed by atoms with Crippen LogP contribution in [0.15, 0.2) is 76.6 Å². The summed E-state index contributed by atoms with van der Waals surface area (Å²) in [4.78, 5) is 30.4. The molecule has 3 aromatic rings. The second kappa shape index (κ2) is 10.5. The standard InChI is InChI=1S/C27H24N2O5S/c1-17-7-9-18(10-8-17)16-34-22-12-11-19(13-23(22)33-3)14-24-25(30)29(2)27(35-24)28-21-6-4-5-20(15-21)26(31)32/h4-15H,16H2,1-3H3,(H,31,32)/b24-14+,28-27?. The number of nitrogens with zero attached hydrogens (tertiary/aromatic N) is 2. The molecule has 0 radical (unpaired) electrons. The molecule has 1 aliphatic rings. The summed E-state index contributed by atoms with van der Waals surface area (Å²) in [7, 11) is 3.21.